The van der Waals surface area contributed by atoms with Crippen molar-refractivity contribution in [1.82, 2.24) is 5.32 Å². The van der Waals surface area contributed by atoms with Crippen LogP contribution in [0, 0.1) is 17.8 Å². The third-order valence-corrected chi connectivity index (χ3v) is 4.83. The van der Waals surface area contributed by atoms with E-state index in [1.54, 1.807) is 5.57 Å². The van der Waals surface area contributed by atoms with Crippen LogP contribution in [0.5, 0.6) is 0 Å². The van der Waals surface area contributed by atoms with Gasteiger partial charge in [0.05, 0.1) is 0 Å². The Hall–Kier alpha value is -0.560. The second-order valence-electron chi connectivity index (χ2n) is 6.10. The molecule has 3 atom stereocenters. The van der Waals surface area contributed by atoms with Crippen LogP contribution < -0.4 is 5.32 Å². The van der Waals surface area contributed by atoms with E-state index in [1.165, 1.54) is 58.0 Å². The Kier molecular flexibility index (Phi) is 3.65. The first-order valence-electron chi connectivity index (χ1n) is 7.49. The van der Waals surface area contributed by atoms with Crippen molar-refractivity contribution in [2.45, 2.75) is 44.9 Å². The summed E-state index contributed by atoms with van der Waals surface area (Å²) >= 11 is 0. The van der Waals surface area contributed by atoms with Gasteiger partial charge in [-0.3, -0.25) is 0 Å². The highest BCUT2D eigenvalue weighted by Crippen LogP contribution is 2.42. The van der Waals surface area contributed by atoms with Gasteiger partial charge in [-0.2, -0.15) is 0 Å². The summed E-state index contributed by atoms with van der Waals surface area (Å²) in [5.41, 5.74) is 1.71. The molecule has 1 nitrogen and oxygen atoms in total. The van der Waals surface area contributed by atoms with Crippen molar-refractivity contribution in [3.8, 4) is 0 Å². The second kappa shape index (κ2) is 5.39. The molecule has 3 aliphatic carbocycles. The third-order valence-electron chi connectivity index (χ3n) is 4.83. The van der Waals surface area contributed by atoms with Gasteiger partial charge in [-0.1, -0.05) is 23.8 Å². The number of hydrogen-bond donors (Lipinski definition) is 1. The Bertz CT molecular complexity index is 315. The monoisotopic (exact) mass is 231 g/mol. The molecule has 1 heteroatoms. The first-order chi connectivity index (χ1) is 8.42. The first-order valence-corrected chi connectivity index (χ1v) is 7.49. The fourth-order valence-electron chi connectivity index (χ4n) is 3.80. The molecule has 94 valence electrons. The van der Waals surface area contributed by atoms with Crippen molar-refractivity contribution in [2.24, 2.45) is 17.8 Å². The van der Waals surface area contributed by atoms with E-state index in [-0.39, 0.29) is 0 Å². The molecule has 3 unspecified atom stereocenters. The number of nitrogens with one attached hydrogen (secondary N) is 1. The SMILES string of the molecule is C1=CC2CC1CC2CNCCC1=CCCCC1. The van der Waals surface area contributed by atoms with Gasteiger partial charge < -0.3 is 5.32 Å². The Labute approximate surface area is 105 Å². The van der Waals surface area contributed by atoms with Crippen molar-refractivity contribution in [1.29, 1.82) is 0 Å². The molecule has 1 saturated carbocycles. The minimum Gasteiger partial charge on any atom is -0.316 e. The van der Waals surface area contributed by atoms with E-state index >= 15 is 0 Å². The molecule has 0 saturated heterocycles. The van der Waals surface area contributed by atoms with Crippen LogP contribution in [0.3, 0.4) is 0 Å². The van der Waals surface area contributed by atoms with E-state index in [0.29, 0.717) is 0 Å². The lowest BCUT2D eigenvalue weighted by molar-refractivity contribution is 0.415. The van der Waals surface area contributed by atoms with Gasteiger partial charge in [0, 0.05) is 0 Å². The minimum atomic E-state index is 0.904. The molecule has 0 radical (unpaired) electrons. The molecule has 0 heterocycles. The number of rotatable bonds is 5. The Morgan fingerprint density at radius 2 is 2.18 bits per heavy atom. The molecule has 1 N–H and O–H groups in total. The molecule has 0 aromatic rings. The van der Waals surface area contributed by atoms with E-state index in [0.717, 1.165) is 17.8 Å². The lowest BCUT2D eigenvalue weighted by Crippen LogP contribution is -2.26. The highest BCUT2D eigenvalue weighted by Gasteiger charge is 2.34. The standard InChI is InChI=1S/C16H25N/c1-2-4-13(5-3-1)8-9-17-12-16-11-14-6-7-15(16)10-14/h4,6-7,14-17H,1-3,5,8-12H2. The average Bonchev–Trinajstić information content (AvgIpc) is 2.98. The van der Waals surface area contributed by atoms with E-state index in [9.17, 15) is 0 Å². The topological polar surface area (TPSA) is 12.0 Å². The van der Waals surface area contributed by atoms with Crippen molar-refractivity contribution < 1.29 is 0 Å². The van der Waals surface area contributed by atoms with E-state index in [1.807, 2.05) is 0 Å². The third kappa shape index (κ3) is 2.82. The fraction of sp³-hybridized carbons (Fsp3) is 0.750. The summed E-state index contributed by atoms with van der Waals surface area (Å²) in [7, 11) is 0. The van der Waals surface area contributed by atoms with Gasteiger partial charge >= 0.3 is 0 Å². The van der Waals surface area contributed by atoms with Crippen LogP contribution in [0.25, 0.3) is 0 Å². The largest absolute Gasteiger partial charge is 0.316 e. The molecule has 0 aliphatic heterocycles. The van der Waals surface area contributed by atoms with Crippen LogP contribution in [0.15, 0.2) is 23.8 Å². The maximum atomic E-state index is 3.68. The van der Waals surface area contributed by atoms with Gasteiger partial charge in [0.25, 0.3) is 0 Å². The molecule has 0 aromatic carbocycles. The average molecular weight is 231 g/mol. The quantitative estimate of drug-likeness (QED) is 0.562. The molecule has 3 aliphatic rings. The fourth-order valence-corrected chi connectivity index (χ4v) is 3.80. The highest BCUT2D eigenvalue weighted by molar-refractivity contribution is 5.10. The number of fused-ring (bicyclic) bond motifs is 2. The lowest BCUT2D eigenvalue weighted by atomic mass is 9.93. The van der Waals surface area contributed by atoms with Gasteiger partial charge in [-0.15, -0.1) is 0 Å². The van der Waals surface area contributed by atoms with Crippen LogP contribution in [0.2, 0.25) is 0 Å². The minimum absolute atomic E-state index is 0.904. The zero-order chi connectivity index (χ0) is 11.5. The highest BCUT2D eigenvalue weighted by atomic mass is 14.9. The zero-order valence-corrected chi connectivity index (χ0v) is 10.8. The predicted octanol–water partition coefficient (Wildman–Crippen LogP) is 3.68. The summed E-state index contributed by atoms with van der Waals surface area (Å²) in [6.45, 7) is 2.45. The summed E-state index contributed by atoms with van der Waals surface area (Å²) in [4.78, 5) is 0. The van der Waals surface area contributed by atoms with Gasteiger partial charge in [0.15, 0.2) is 0 Å². The van der Waals surface area contributed by atoms with Crippen LogP contribution in [0.1, 0.15) is 44.9 Å². The summed E-state index contributed by atoms with van der Waals surface area (Å²) in [6.07, 6.45) is 17.1. The van der Waals surface area contributed by atoms with Gasteiger partial charge in [0.1, 0.15) is 0 Å². The van der Waals surface area contributed by atoms with Gasteiger partial charge in [-0.25, -0.2) is 0 Å². The first kappa shape index (κ1) is 11.5. The maximum Gasteiger partial charge on any atom is -0.00115 e. The van der Waals surface area contributed by atoms with Gasteiger partial charge in [0.2, 0.25) is 0 Å². The summed E-state index contributed by atoms with van der Waals surface area (Å²) in [5, 5.41) is 3.68. The molecule has 3 rings (SSSR count). The van der Waals surface area contributed by atoms with E-state index in [2.05, 4.69) is 23.5 Å². The molecule has 0 aromatic heterocycles. The predicted molar refractivity (Wildman–Crippen MR) is 72.9 cm³/mol. The normalized spacial score (nSPS) is 35.3. The summed E-state index contributed by atoms with van der Waals surface area (Å²) in [5.74, 6) is 2.76. The Morgan fingerprint density at radius 1 is 1.18 bits per heavy atom. The molecule has 0 spiro atoms. The molecule has 0 amide bonds. The van der Waals surface area contributed by atoms with Crippen molar-refractivity contribution in [3.63, 3.8) is 0 Å². The summed E-state index contributed by atoms with van der Waals surface area (Å²) < 4.78 is 0. The molecule has 1 fully saturated rings. The molecule has 17 heavy (non-hydrogen) atoms. The van der Waals surface area contributed by atoms with Crippen molar-refractivity contribution >= 4 is 0 Å². The van der Waals surface area contributed by atoms with E-state index < -0.39 is 0 Å². The molecule has 2 bridgehead atoms. The van der Waals surface area contributed by atoms with Crippen molar-refractivity contribution in [2.75, 3.05) is 13.1 Å². The van der Waals surface area contributed by atoms with Crippen molar-refractivity contribution in [3.05, 3.63) is 23.8 Å². The Morgan fingerprint density at radius 3 is 2.88 bits per heavy atom. The van der Waals surface area contributed by atoms with Crippen LogP contribution in [0.4, 0.5) is 0 Å². The second-order valence-corrected chi connectivity index (χ2v) is 6.10. The van der Waals surface area contributed by atoms with Gasteiger partial charge in [-0.05, 0) is 75.8 Å². The number of allylic oxidation sites excluding steroid dienone is 3. The smallest absolute Gasteiger partial charge is 0.00115 e. The van der Waals surface area contributed by atoms with Crippen LogP contribution in [-0.4, -0.2) is 13.1 Å². The Balaban J connectivity index is 1.33. The molecular formula is C16H25N. The maximum absolute atomic E-state index is 3.68. The summed E-state index contributed by atoms with van der Waals surface area (Å²) in [6, 6.07) is 0. The van der Waals surface area contributed by atoms with Crippen LogP contribution >= 0.6 is 0 Å². The van der Waals surface area contributed by atoms with E-state index in [4.69, 9.17) is 0 Å². The number of hydrogen-bond acceptors (Lipinski definition) is 1. The molecular weight excluding hydrogens is 206 g/mol. The lowest BCUT2D eigenvalue weighted by Gasteiger charge is -2.19. The zero-order valence-electron chi connectivity index (χ0n) is 10.8. The van der Waals surface area contributed by atoms with Crippen LogP contribution in [-0.2, 0) is 0 Å².